The molecule has 2 atom stereocenters. The number of nitrogens with zero attached hydrogens (tertiary/aromatic N) is 5. The first kappa shape index (κ1) is 8.39. The number of hydrogen-bond acceptors (Lipinski definition) is 6. The molecule has 2 rings (SSSR count). The Morgan fingerprint density at radius 3 is 2.38 bits per heavy atom. The van der Waals surface area contributed by atoms with Crippen molar-refractivity contribution in [3.8, 4) is 0 Å². The van der Waals surface area contributed by atoms with Crippen LogP contribution in [0.25, 0.3) is 0 Å². The van der Waals surface area contributed by atoms with Crippen LogP contribution in [-0.4, -0.2) is 55.7 Å². The summed E-state index contributed by atoms with van der Waals surface area (Å²) >= 11 is 0. The molecule has 0 amide bonds. The highest BCUT2D eigenvalue weighted by Gasteiger charge is 2.31. The molecule has 72 valence electrons. The summed E-state index contributed by atoms with van der Waals surface area (Å²) in [5, 5.41) is 29.5. The van der Waals surface area contributed by atoms with Gasteiger partial charge in [-0.05, 0) is 10.4 Å². The van der Waals surface area contributed by atoms with E-state index in [1.807, 2.05) is 0 Å². The van der Waals surface area contributed by atoms with Crippen LogP contribution in [0, 0.1) is 0 Å². The number of aromatic nitrogens is 4. The molecule has 1 aromatic rings. The van der Waals surface area contributed by atoms with E-state index < -0.39 is 12.2 Å². The van der Waals surface area contributed by atoms with Crippen LogP contribution in [0.1, 0.15) is 0 Å². The van der Waals surface area contributed by atoms with Crippen LogP contribution >= 0.6 is 0 Å². The van der Waals surface area contributed by atoms with Gasteiger partial charge in [0, 0.05) is 20.1 Å². The average molecular weight is 185 g/mol. The van der Waals surface area contributed by atoms with Gasteiger partial charge in [0.2, 0.25) is 5.95 Å². The smallest absolute Gasteiger partial charge is 0.245 e. The van der Waals surface area contributed by atoms with E-state index in [-0.39, 0.29) is 0 Å². The van der Waals surface area contributed by atoms with Gasteiger partial charge >= 0.3 is 0 Å². The minimum atomic E-state index is -0.711. The molecule has 0 radical (unpaired) electrons. The van der Waals surface area contributed by atoms with Crippen LogP contribution < -0.4 is 4.90 Å². The number of hydrogen-bond donors (Lipinski definition) is 2. The van der Waals surface area contributed by atoms with Crippen LogP contribution in [0.4, 0.5) is 5.95 Å². The maximum Gasteiger partial charge on any atom is 0.245 e. The molecule has 7 nitrogen and oxygen atoms in total. The molecule has 1 saturated heterocycles. The van der Waals surface area contributed by atoms with Crippen molar-refractivity contribution in [1.29, 1.82) is 0 Å². The van der Waals surface area contributed by atoms with E-state index in [2.05, 4.69) is 15.5 Å². The first-order valence-electron chi connectivity index (χ1n) is 4.02. The first-order chi connectivity index (χ1) is 6.18. The standard InChI is InChI=1S/C6H11N5O2/c1-10-6(7-8-9-10)11-2-4(12)5(13)3-11/h4-5,12-13H,2-3H2,1H3. The highest BCUT2D eigenvalue weighted by Crippen LogP contribution is 2.16. The number of aryl methyl sites for hydroxylation is 1. The van der Waals surface area contributed by atoms with E-state index in [9.17, 15) is 10.2 Å². The second-order valence-electron chi connectivity index (χ2n) is 3.14. The summed E-state index contributed by atoms with van der Waals surface area (Å²) in [6.07, 6.45) is -1.42. The van der Waals surface area contributed by atoms with Gasteiger partial charge in [-0.25, -0.2) is 4.68 Å². The Morgan fingerprint density at radius 1 is 1.31 bits per heavy atom. The Bertz CT molecular complexity index is 291. The minimum absolute atomic E-state index is 0.370. The summed E-state index contributed by atoms with van der Waals surface area (Å²) in [4.78, 5) is 1.75. The Labute approximate surface area is 74.6 Å². The fourth-order valence-electron chi connectivity index (χ4n) is 1.43. The quantitative estimate of drug-likeness (QED) is 0.514. The molecule has 0 spiro atoms. The molecule has 2 unspecified atom stereocenters. The first-order valence-corrected chi connectivity index (χ1v) is 4.02. The van der Waals surface area contributed by atoms with E-state index in [0.29, 0.717) is 19.0 Å². The molecule has 2 N–H and O–H groups in total. The third-order valence-corrected chi connectivity index (χ3v) is 2.14. The lowest BCUT2D eigenvalue weighted by atomic mass is 10.3. The van der Waals surface area contributed by atoms with E-state index in [1.54, 1.807) is 11.9 Å². The molecule has 0 saturated carbocycles. The van der Waals surface area contributed by atoms with Crippen LogP contribution in [0.2, 0.25) is 0 Å². The monoisotopic (exact) mass is 185 g/mol. The minimum Gasteiger partial charge on any atom is -0.388 e. The van der Waals surface area contributed by atoms with Gasteiger partial charge in [0.15, 0.2) is 0 Å². The van der Waals surface area contributed by atoms with Crippen molar-refractivity contribution in [3.63, 3.8) is 0 Å². The van der Waals surface area contributed by atoms with Gasteiger partial charge in [-0.2, -0.15) is 0 Å². The van der Waals surface area contributed by atoms with Gasteiger partial charge in [-0.15, -0.1) is 0 Å². The molecule has 0 aromatic carbocycles. The largest absolute Gasteiger partial charge is 0.388 e. The normalized spacial score (nSPS) is 28.4. The summed E-state index contributed by atoms with van der Waals surface area (Å²) < 4.78 is 1.50. The molecular weight excluding hydrogens is 174 g/mol. The lowest BCUT2D eigenvalue weighted by molar-refractivity contribution is 0.0572. The number of tetrazole rings is 1. The van der Waals surface area contributed by atoms with Crippen LogP contribution in [0.15, 0.2) is 0 Å². The zero-order valence-electron chi connectivity index (χ0n) is 7.20. The van der Waals surface area contributed by atoms with Crippen molar-refractivity contribution in [2.45, 2.75) is 12.2 Å². The molecule has 1 fully saturated rings. The van der Waals surface area contributed by atoms with E-state index >= 15 is 0 Å². The zero-order valence-corrected chi connectivity index (χ0v) is 7.20. The second kappa shape index (κ2) is 2.93. The maximum absolute atomic E-state index is 9.29. The van der Waals surface area contributed by atoms with Crippen LogP contribution in [-0.2, 0) is 7.05 Å². The summed E-state index contributed by atoms with van der Waals surface area (Å²) in [5.74, 6) is 0.565. The molecule has 0 aliphatic carbocycles. The zero-order chi connectivity index (χ0) is 9.42. The molecular formula is C6H11N5O2. The third kappa shape index (κ3) is 1.36. The van der Waals surface area contributed by atoms with E-state index in [4.69, 9.17) is 0 Å². The summed E-state index contributed by atoms with van der Waals surface area (Å²) in [5.41, 5.74) is 0. The average Bonchev–Trinajstić information content (AvgIpc) is 2.60. The van der Waals surface area contributed by atoms with Crippen molar-refractivity contribution < 1.29 is 10.2 Å². The molecule has 1 aliphatic heterocycles. The summed E-state index contributed by atoms with van der Waals surface area (Å²) in [7, 11) is 1.71. The van der Waals surface area contributed by atoms with Gasteiger partial charge in [0.25, 0.3) is 0 Å². The van der Waals surface area contributed by atoms with E-state index in [0.717, 1.165) is 0 Å². The van der Waals surface area contributed by atoms with Crippen LogP contribution in [0.3, 0.4) is 0 Å². The predicted octanol–water partition coefficient (Wildman–Crippen LogP) is -2.25. The summed E-state index contributed by atoms with van der Waals surface area (Å²) in [6, 6.07) is 0. The number of β-amino-alcohol motifs (C(OH)–C–C–N with tert-alkyl or cyclic N) is 2. The van der Waals surface area contributed by atoms with Crippen molar-refractivity contribution in [3.05, 3.63) is 0 Å². The molecule has 2 heterocycles. The highest BCUT2D eigenvalue weighted by molar-refractivity contribution is 5.31. The SMILES string of the molecule is Cn1nnnc1N1CC(O)C(O)C1. The second-order valence-corrected chi connectivity index (χ2v) is 3.14. The van der Waals surface area contributed by atoms with Crippen molar-refractivity contribution in [2.75, 3.05) is 18.0 Å². The number of rotatable bonds is 1. The Balaban J connectivity index is 2.16. The predicted molar refractivity (Wildman–Crippen MR) is 43.0 cm³/mol. The lowest BCUT2D eigenvalue weighted by Gasteiger charge is -2.13. The lowest BCUT2D eigenvalue weighted by Crippen LogP contribution is -2.24. The fourth-order valence-corrected chi connectivity index (χ4v) is 1.43. The third-order valence-electron chi connectivity index (χ3n) is 2.14. The van der Waals surface area contributed by atoms with E-state index in [1.165, 1.54) is 4.68 Å². The molecule has 7 heteroatoms. The van der Waals surface area contributed by atoms with Gasteiger partial charge in [-0.3, -0.25) is 0 Å². The highest BCUT2D eigenvalue weighted by atomic mass is 16.3. The Morgan fingerprint density at radius 2 is 1.92 bits per heavy atom. The van der Waals surface area contributed by atoms with Gasteiger partial charge < -0.3 is 15.1 Å². The Kier molecular flexibility index (Phi) is 1.89. The van der Waals surface area contributed by atoms with Gasteiger partial charge in [0.05, 0.1) is 12.2 Å². The molecule has 0 bridgehead atoms. The number of anilines is 1. The molecule has 13 heavy (non-hydrogen) atoms. The summed E-state index contributed by atoms with van der Waals surface area (Å²) in [6.45, 7) is 0.741. The van der Waals surface area contributed by atoms with Crippen LogP contribution in [0.5, 0.6) is 0 Å². The van der Waals surface area contributed by atoms with Crippen molar-refractivity contribution >= 4 is 5.95 Å². The maximum atomic E-state index is 9.29. The number of aliphatic hydroxyl groups is 2. The molecule has 1 aliphatic rings. The van der Waals surface area contributed by atoms with Crippen molar-refractivity contribution in [2.24, 2.45) is 7.05 Å². The van der Waals surface area contributed by atoms with Gasteiger partial charge in [-0.1, -0.05) is 5.10 Å². The molecule has 1 aromatic heterocycles. The number of aliphatic hydroxyl groups excluding tert-OH is 2. The Hall–Kier alpha value is -1.21. The fraction of sp³-hybridized carbons (Fsp3) is 0.833. The van der Waals surface area contributed by atoms with Crippen molar-refractivity contribution in [1.82, 2.24) is 20.2 Å². The topological polar surface area (TPSA) is 87.3 Å². The van der Waals surface area contributed by atoms with Gasteiger partial charge in [0.1, 0.15) is 0 Å².